The van der Waals surface area contributed by atoms with Crippen molar-refractivity contribution in [2.24, 2.45) is 0 Å². The molecule has 0 unspecified atom stereocenters. The van der Waals surface area contributed by atoms with Crippen molar-refractivity contribution in [1.82, 2.24) is 0 Å². The Labute approximate surface area is 132 Å². The van der Waals surface area contributed by atoms with Gasteiger partial charge in [0, 0.05) is 14.6 Å². The fraction of sp³-hybridized carbons (Fsp3) is 0. The minimum absolute atomic E-state index is 0.121. The Hall–Kier alpha value is -1.66. The second kappa shape index (κ2) is 6.19. The number of hydrogen-bond donors (Lipinski definition) is 2. The fourth-order valence-corrected chi connectivity index (χ4v) is 2.39. The van der Waals surface area contributed by atoms with Gasteiger partial charge in [-0.1, -0.05) is 22.0 Å². The molecular formula is C14H9Br2NO3. The minimum Gasteiger partial charge on any atom is -0.478 e. The molecule has 0 radical (unpaired) electrons. The molecule has 6 heteroatoms. The lowest BCUT2D eigenvalue weighted by Gasteiger charge is -2.08. The van der Waals surface area contributed by atoms with E-state index < -0.39 is 5.97 Å². The van der Waals surface area contributed by atoms with Gasteiger partial charge in [0.15, 0.2) is 0 Å². The molecule has 0 aliphatic rings. The molecule has 4 nitrogen and oxygen atoms in total. The normalized spacial score (nSPS) is 10.1. The number of halogens is 2. The lowest BCUT2D eigenvalue weighted by molar-refractivity contribution is 0.0696. The summed E-state index contributed by atoms with van der Waals surface area (Å²) in [6.45, 7) is 0. The van der Waals surface area contributed by atoms with Gasteiger partial charge in [0.05, 0.1) is 11.1 Å². The highest BCUT2D eigenvalue weighted by atomic mass is 79.9. The molecule has 0 aliphatic carbocycles. The summed E-state index contributed by atoms with van der Waals surface area (Å²) in [5, 5.41) is 11.6. The number of aromatic carboxylic acids is 1. The molecule has 1 amide bonds. The van der Waals surface area contributed by atoms with Crippen LogP contribution in [0.25, 0.3) is 0 Å². The molecule has 0 aliphatic heterocycles. The number of amides is 1. The highest BCUT2D eigenvalue weighted by Crippen LogP contribution is 2.23. The Kier molecular flexibility index (Phi) is 4.57. The van der Waals surface area contributed by atoms with Crippen LogP contribution in [-0.4, -0.2) is 17.0 Å². The van der Waals surface area contributed by atoms with Crippen LogP contribution < -0.4 is 5.32 Å². The Bertz CT molecular complexity index is 686. The Morgan fingerprint density at radius 1 is 1.05 bits per heavy atom. The highest BCUT2D eigenvalue weighted by Gasteiger charge is 2.12. The molecule has 0 atom stereocenters. The number of hydrogen-bond acceptors (Lipinski definition) is 2. The monoisotopic (exact) mass is 397 g/mol. The van der Waals surface area contributed by atoms with Crippen LogP contribution in [0.4, 0.5) is 5.69 Å². The first-order valence-electron chi connectivity index (χ1n) is 5.57. The second-order valence-electron chi connectivity index (χ2n) is 3.96. The predicted octanol–water partition coefficient (Wildman–Crippen LogP) is 4.16. The van der Waals surface area contributed by atoms with Crippen LogP contribution in [0.15, 0.2) is 51.4 Å². The maximum atomic E-state index is 12.2. The largest absolute Gasteiger partial charge is 0.478 e. The first kappa shape index (κ1) is 14.7. The van der Waals surface area contributed by atoms with Crippen molar-refractivity contribution in [3.63, 3.8) is 0 Å². The molecule has 0 spiro atoms. The van der Waals surface area contributed by atoms with Crippen LogP contribution >= 0.6 is 31.9 Å². The first-order valence-corrected chi connectivity index (χ1v) is 7.16. The van der Waals surface area contributed by atoms with Crippen LogP contribution in [0, 0.1) is 0 Å². The van der Waals surface area contributed by atoms with Crippen molar-refractivity contribution in [2.75, 3.05) is 5.32 Å². The summed E-state index contributed by atoms with van der Waals surface area (Å²) in [6.07, 6.45) is 0. The van der Waals surface area contributed by atoms with Crippen LogP contribution in [0.1, 0.15) is 20.7 Å². The number of rotatable bonds is 3. The van der Waals surface area contributed by atoms with Gasteiger partial charge in [0.2, 0.25) is 0 Å². The van der Waals surface area contributed by atoms with E-state index in [0.29, 0.717) is 15.7 Å². The third kappa shape index (κ3) is 3.46. The molecule has 2 rings (SSSR count). The smallest absolute Gasteiger partial charge is 0.335 e. The molecule has 2 aromatic carbocycles. The van der Waals surface area contributed by atoms with Gasteiger partial charge in [-0.05, 0) is 52.3 Å². The van der Waals surface area contributed by atoms with Gasteiger partial charge in [-0.3, -0.25) is 4.79 Å². The van der Waals surface area contributed by atoms with Gasteiger partial charge in [-0.25, -0.2) is 4.79 Å². The Morgan fingerprint density at radius 2 is 1.80 bits per heavy atom. The lowest BCUT2D eigenvalue weighted by Crippen LogP contribution is -2.13. The maximum Gasteiger partial charge on any atom is 0.335 e. The van der Waals surface area contributed by atoms with E-state index in [1.165, 1.54) is 12.1 Å². The van der Waals surface area contributed by atoms with E-state index in [1.807, 2.05) is 6.07 Å². The lowest BCUT2D eigenvalue weighted by atomic mass is 10.2. The number of nitrogens with one attached hydrogen (secondary N) is 1. The van der Waals surface area contributed by atoms with E-state index in [9.17, 15) is 9.59 Å². The van der Waals surface area contributed by atoms with Crippen LogP contribution in [0.5, 0.6) is 0 Å². The molecule has 0 saturated heterocycles. The van der Waals surface area contributed by atoms with Crippen molar-refractivity contribution in [1.29, 1.82) is 0 Å². The quantitative estimate of drug-likeness (QED) is 0.815. The highest BCUT2D eigenvalue weighted by molar-refractivity contribution is 9.11. The van der Waals surface area contributed by atoms with E-state index in [0.717, 1.165) is 4.47 Å². The van der Waals surface area contributed by atoms with E-state index >= 15 is 0 Å². The number of carbonyl (C=O) groups is 2. The number of carboxylic acid groups (broad SMARTS) is 1. The summed E-state index contributed by atoms with van der Waals surface area (Å²) < 4.78 is 1.44. The molecule has 2 aromatic rings. The standard InChI is InChI=1S/C14H9Br2NO3/c15-9-4-5-12(16)11(7-9)13(18)17-10-3-1-2-8(6-10)14(19)20/h1-7H,(H,17,18)(H,19,20). The molecule has 0 heterocycles. The summed E-state index contributed by atoms with van der Waals surface area (Å²) in [4.78, 5) is 23.0. The molecule has 0 bridgehead atoms. The van der Waals surface area contributed by atoms with Gasteiger partial charge in [-0.15, -0.1) is 0 Å². The topological polar surface area (TPSA) is 66.4 Å². The number of carbonyl (C=O) groups excluding carboxylic acids is 1. The van der Waals surface area contributed by atoms with Crippen molar-refractivity contribution in [3.8, 4) is 0 Å². The fourth-order valence-electron chi connectivity index (χ4n) is 1.60. The van der Waals surface area contributed by atoms with E-state index in [2.05, 4.69) is 37.2 Å². The van der Waals surface area contributed by atoms with Crippen LogP contribution in [-0.2, 0) is 0 Å². The van der Waals surface area contributed by atoms with Crippen molar-refractivity contribution >= 4 is 49.4 Å². The second-order valence-corrected chi connectivity index (χ2v) is 5.73. The summed E-state index contributed by atoms with van der Waals surface area (Å²) in [7, 11) is 0. The van der Waals surface area contributed by atoms with Crippen molar-refractivity contribution < 1.29 is 14.7 Å². The molecule has 2 N–H and O–H groups in total. The van der Waals surface area contributed by atoms with Crippen molar-refractivity contribution in [3.05, 3.63) is 62.5 Å². The molecule has 0 fully saturated rings. The number of benzene rings is 2. The van der Waals surface area contributed by atoms with Crippen LogP contribution in [0.2, 0.25) is 0 Å². The zero-order chi connectivity index (χ0) is 14.7. The average Bonchev–Trinajstić information content (AvgIpc) is 2.41. The minimum atomic E-state index is -1.04. The molecule has 102 valence electrons. The first-order chi connectivity index (χ1) is 9.47. The summed E-state index contributed by atoms with van der Waals surface area (Å²) >= 11 is 6.61. The van der Waals surface area contributed by atoms with E-state index in [-0.39, 0.29) is 11.5 Å². The predicted molar refractivity (Wildman–Crippen MR) is 83.2 cm³/mol. The van der Waals surface area contributed by atoms with Gasteiger partial charge in [0.25, 0.3) is 5.91 Å². The van der Waals surface area contributed by atoms with Gasteiger partial charge in [0.1, 0.15) is 0 Å². The van der Waals surface area contributed by atoms with Gasteiger partial charge < -0.3 is 10.4 Å². The SMILES string of the molecule is O=C(O)c1cccc(NC(=O)c2cc(Br)ccc2Br)c1. The van der Waals surface area contributed by atoms with Crippen molar-refractivity contribution in [2.45, 2.75) is 0 Å². The van der Waals surface area contributed by atoms with E-state index in [4.69, 9.17) is 5.11 Å². The third-order valence-corrected chi connectivity index (χ3v) is 3.73. The zero-order valence-electron chi connectivity index (χ0n) is 10.1. The summed E-state index contributed by atoms with van der Waals surface area (Å²) in [5.74, 6) is -1.36. The van der Waals surface area contributed by atoms with Gasteiger partial charge >= 0.3 is 5.97 Å². The summed E-state index contributed by atoms with van der Waals surface area (Å²) in [5.41, 5.74) is 1.01. The molecular weight excluding hydrogens is 390 g/mol. The third-order valence-electron chi connectivity index (χ3n) is 2.54. The van der Waals surface area contributed by atoms with E-state index in [1.54, 1.807) is 24.3 Å². The number of carboxylic acids is 1. The average molecular weight is 399 g/mol. The van der Waals surface area contributed by atoms with Gasteiger partial charge in [-0.2, -0.15) is 0 Å². The van der Waals surface area contributed by atoms with Crippen LogP contribution in [0.3, 0.4) is 0 Å². The summed E-state index contributed by atoms with van der Waals surface area (Å²) in [6, 6.07) is 11.3. The number of anilines is 1. The molecule has 20 heavy (non-hydrogen) atoms. The maximum absolute atomic E-state index is 12.2. The Balaban J connectivity index is 2.25. The zero-order valence-corrected chi connectivity index (χ0v) is 13.2. The molecule has 0 saturated carbocycles. The Morgan fingerprint density at radius 3 is 2.50 bits per heavy atom. The molecule has 0 aromatic heterocycles.